The number of anilines is 2. The van der Waals surface area contributed by atoms with Crippen LogP contribution in [0.5, 0.6) is 0 Å². The summed E-state index contributed by atoms with van der Waals surface area (Å²) in [7, 11) is 3.83. The molecule has 0 saturated carbocycles. The lowest BCUT2D eigenvalue weighted by molar-refractivity contribution is -0.158. The lowest BCUT2D eigenvalue weighted by Crippen LogP contribution is -2.42. The Labute approximate surface area is 198 Å². The first kappa shape index (κ1) is 26.6. The van der Waals surface area contributed by atoms with Gasteiger partial charge in [0.25, 0.3) is 5.78 Å². The largest absolute Gasteiger partial charge is 0.459 e. The van der Waals surface area contributed by atoms with E-state index >= 15 is 0 Å². The van der Waals surface area contributed by atoms with Gasteiger partial charge in [-0.25, -0.2) is 4.40 Å². The molecule has 0 aromatic carbocycles. The van der Waals surface area contributed by atoms with Gasteiger partial charge in [0.15, 0.2) is 5.16 Å². The summed E-state index contributed by atoms with van der Waals surface area (Å²) in [4.78, 5) is 37.6. The van der Waals surface area contributed by atoms with Gasteiger partial charge in [0.1, 0.15) is 12.1 Å². The summed E-state index contributed by atoms with van der Waals surface area (Å²) in [6.07, 6.45) is 0. The number of amides is 1. The molecule has 2 heterocycles. The van der Waals surface area contributed by atoms with Crippen LogP contribution in [0.1, 0.15) is 34.6 Å². The molecule has 33 heavy (non-hydrogen) atoms. The van der Waals surface area contributed by atoms with Crippen molar-refractivity contribution in [3.8, 4) is 0 Å². The molecule has 0 atom stereocenters. The van der Waals surface area contributed by atoms with Crippen molar-refractivity contribution < 1.29 is 14.3 Å². The van der Waals surface area contributed by atoms with E-state index in [9.17, 15) is 9.59 Å². The second-order valence-corrected chi connectivity index (χ2v) is 9.49. The minimum absolute atomic E-state index is 0.0809. The zero-order valence-electron chi connectivity index (χ0n) is 20.5. The third-order valence-electron chi connectivity index (χ3n) is 4.15. The van der Waals surface area contributed by atoms with Gasteiger partial charge in [-0.1, -0.05) is 11.8 Å². The molecule has 13 heteroatoms. The molecule has 12 nitrogen and oxygen atoms in total. The molecule has 2 N–H and O–H groups in total. The second kappa shape index (κ2) is 12.0. The average molecular weight is 482 g/mol. The van der Waals surface area contributed by atoms with Crippen LogP contribution in [0.4, 0.5) is 11.9 Å². The van der Waals surface area contributed by atoms with Crippen LogP contribution in [0.2, 0.25) is 0 Å². The van der Waals surface area contributed by atoms with Crippen LogP contribution in [0, 0.1) is 0 Å². The fraction of sp³-hybridized carbons (Fsp3) is 0.700. The summed E-state index contributed by atoms with van der Waals surface area (Å²) in [5, 5.41) is 15.1. The number of carbonyl (C=O) groups is 2. The first-order chi connectivity index (χ1) is 15.5. The Hall–Kier alpha value is -2.67. The van der Waals surface area contributed by atoms with Gasteiger partial charge in [0, 0.05) is 26.2 Å². The van der Waals surface area contributed by atoms with Crippen molar-refractivity contribution in [2.75, 3.05) is 63.2 Å². The highest BCUT2D eigenvalue weighted by Gasteiger charge is 2.23. The number of rotatable bonds is 12. The van der Waals surface area contributed by atoms with Crippen LogP contribution in [0.25, 0.3) is 5.78 Å². The summed E-state index contributed by atoms with van der Waals surface area (Å²) in [6.45, 7) is 11.6. The smallest absolute Gasteiger partial charge is 0.326 e. The number of likely N-dealkylation sites (N-methyl/N-ethyl adjacent to an activating group) is 1. The number of hydrogen-bond acceptors (Lipinski definition) is 11. The third kappa shape index (κ3) is 8.31. The van der Waals surface area contributed by atoms with Crippen molar-refractivity contribution in [3.05, 3.63) is 0 Å². The summed E-state index contributed by atoms with van der Waals surface area (Å²) < 4.78 is 7.08. The van der Waals surface area contributed by atoms with Gasteiger partial charge >= 0.3 is 5.97 Å². The Morgan fingerprint density at radius 1 is 1.06 bits per heavy atom. The molecular weight excluding hydrogens is 446 g/mol. The van der Waals surface area contributed by atoms with Gasteiger partial charge in [-0.2, -0.15) is 9.97 Å². The number of nitrogens with zero attached hydrogens (tertiary/aromatic N) is 7. The van der Waals surface area contributed by atoms with Crippen molar-refractivity contribution >= 4 is 41.3 Å². The van der Waals surface area contributed by atoms with E-state index < -0.39 is 11.6 Å². The number of esters is 1. The molecule has 0 spiro atoms. The van der Waals surface area contributed by atoms with Crippen LogP contribution in [0.15, 0.2) is 5.16 Å². The summed E-state index contributed by atoms with van der Waals surface area (Å²) in [6, 6.07) is 0. The molecule has 0 unspecified atom stereocenters. The molecule has 0 aliphatic rings. The zero-order valence-corrected chi connectivity index (χ0v) is 21.3. The molecule has 0 saturated heterocycles. The topological polar surface area (TPSA) is 130 Å². The van der Waals surface area contributed by atoms with Crippen LogP contribution in [-0.4, -0.2) is 104 Å². The van der Waals surface area contributed by atoms with Gasteiger partial charge in [-0.05, 0) is 48.7 Å². The predicted molar refractivity (Wildman–Crippen MR) is 129 cm³/mol. The number of hydrogen-bond donors (Lipinski definition) is 2. The normalized spacial score (nSPS) is 11.6. The van der Waals surface area contributed by atoms with E-state index in [0.29, 0.717) is 49.0 Å². The van der Waals surface area contributed by atoms with E-state index in [1.807, 2.05) is 32.8 Å². The van der Waals surface area contributed by atoms with Gasteiger partial charge in [-0.3, -0.25) is 9.59 Å². The lowest BCUT2D eigenvalue weighted by atomic mass is 10.2. The number of carbonyl (C=O) groups excluding carboxylic acids is 2. The van der Waals surface area contributed by atoms with Gasteiger partial charge < -0.3 is 25.2 Å². The monoisotopic (exact) mass is 481 g/mol. The van der Waals surface area contributed by atoms with Crippen LogP contribution in [0.3, 0.4) is 0 Å². The standard InChI is InChI=1S/C20H35N9O3S/c1-8-21-16-23-17(22-9-2)29-18(24-16)25-26-19(29)33-13-14(30)28(11-10-27(6)7)12-15(31)32-20(3,4)5/h8-13H2,1-7H3,(H2,21,22,23,24,25). The number of ether oxygens (including phenoxy) is 1. The van der Waals surface area contributed by atoms with Crippen molar-refractivity contribution in [1.82, 2.24) is 34.4 Å². The van der Waals surface area contributed by atoms with Crippen molar-refractivity contribution in [2.24, 2.45) is 0 Å². The Bertz CT molecular complexity index is 943. The van der Waals surface area contributed by atoms with Crippen molar-refractivity contribution in [1.29, 1.82) is 0 Å². The maximum atomic E-state index is 13.0. The Morgan fingerprint density at radius 2 is 1.76 bits per heavy atom. The Balaban J connectivity index is 2.16. The minimum atomic E-state index is -0.614. The molecule has 0 bridgehead atoms. The summed E-state index contributed by atoms with van der Waals surface area (Å²) >= 11 is 1.22. The Kier molecular flexibility index (Phi) is 9.65. The fourth-order valence-electron chi connectivity index (χ4n) is 2.76. The fourth-order valence-corrected chi connectivity index (χ4v) is 3.59. The quantitative estimate of drug-likeness (QED) is 0.335. The highest BCUT2D eigenvalue weighted by atomic mass is 32.2. The van der Waals surface area contributed by atoms with Gasteiger partial charge in [-0.15, -0.1) is 10.2 Å². The molecule has 0 radical (unpaired) electrons. The van der Waals surface area contributed by atoms with Crippen LogP contribution in [-0.2, 0) is 14.3 Å². The minimum Gasteiger partial charge on any atom is -0.459 e. The first-order valence-corrected chi connectivity index (χ1v) is 11.9. The van der Waals surface area contributed by atoms with Crippen molar-refractivity contribution in [3.63, 3.8) is 0 Å². The number of aromatic nitrogens is 5. The number of thioether (sulfide) groups is 1. The summed E-state index contributed by atoms with van der Waals surface area (Å²) in [5.41, 5.74) is -0.614. The van der Waals surface area contributed by atoms with Gasteiger partial charge in [0.05, 0.1) is 5.75 Å². The molecule has 0 aliphatic carbocycles. The molecule has 0 aliphatic heterocycles. The second-order valence-electron chi connectivity index (χ2n) is 8.54. The van der Waals surface area contributed by atoms with Crippen molar-refractivity contribution in [2.45, 2.75) is 45.4 Å². The Morgan fingerprint density at radius 3 is 2.36 bits per heavy atom. The molecule has 2 aromatic rings. The van der Waals surface area contributed by atoms with E-state index in [-0.39, 0.29) is 18.2 Å². The van der Waals surface area contributed by atoms with E-state index in [1.54, 1.807) is 25.2 Å². The lowest BCUT2D eigenvalue weighted by Gasteiger charge is -2.26. The number of nitrogens with one attached hydrogen (secondary N) is 2. The third-order valence-corrected chi connectivity index (χ3v) is 5.06. The van der Waals surface area contributed by atoms with E-state index in [4.69, 9.17) is 4.74 Å². The highest BCUT2D eigenvalue weighted by molar-refractivity contribution is 7.99. The average Bonchev–Trinajstić information content (AvgIpc) is 3.11. The first-order valence-electron chi connectivity index (χ1n) is 10.9. The van der Waals surface area contributed by atoms with Crippen LogP contribution < -0.4 is 10.6 Å². The highest BCUT2D eigenvalue weighted by Crippen LogP contribution is 2.21. The SMILES string of the molecule is CCNc1nc(NCC)n2c(SCC(=O)N(CCN(C)C)CC(=O)OC(C)(C)C)nnc2n1. The van der Waals surface area contributed by atoms with Gasteiger partial charge in [0.2, 0.25) is 17.8 Å². The molecule has 184 valence electrons. The molecule has 1 amide bonds. The van der Waals surface area contributed by atoms with E-state index in [1.165, 1.54) is 16.7 Å². The molecule has 2 aromatic heterocycles. The molecular formula is C20H35N9O3S. The predicted octanol–water partition coefficient (Wildman–Crippen LogP) is 1.21. The number of fused-ring (bicyclic) bond motifs is 1. The maximum Gasteiger partial charge on any atom is 0.326 e. The maximum absolute atomic E-state index is 13.0. The molecule has 2 rings (SSSR count). The van der Waals surface area contributed by atoms with E-state index in [2.05, 4.69) is 30.8 Å². The zero-order chi connectivity index (χ0) is 24.6. The summed E-state index contributed by atoms with van der Waals surface area (Å²) in [5.74, 6) is 0.818. The molecule has 0 fully saturated rings. The van der Waals surface area contributed by atoms with Crippen LogP contribution >= 0.6 is 11.8 Å². The van der Waals surface area contributed by atoms with E-state index in [0.717, 1.165) is 0 Å².